The summed E-state index contributed by atoms with van der Waals surface area (Å²) in [4.78, 5) is 38.9. The van der Waals surface area contributed by atoms with E-state index in [1.165, 1.54) is 18.2 Å². The van der Waals surface area contributed by atoms with Crippen molar-refractivity contribution in [2.24, 2.45) is 0 Å². The molecule has 0 aromatic heterocycles. The van der Waals surface area contributed by atoms with E-state index in [1.54, 1.807) is 87.0 Å². The van der Waals surface area contributed by atoms with Gasteiger partial charge in [-0.05, 0) is 78.9 Å². The summed E-state index contributed by atoms with van der Waals surface area (Å²) in [6, 6.07) is 26.9. The van der Waals surface area contributed by atoms with Crippen LogP contribution in [-0.4, -0.2) is 31.9 Å². The molecule has 0 aliphatic heterocycles. The van der Waals surface area contributed by atoms with Gasteiger partial charge in [-0.2, -0.15) is 0 Å². The molecule has 0 fully saturated rings. The van der Waals surface area contributed by atoms with E-state index >= 15 is 0 Å². The van der Waals surface area contributed by atoms with Crippen molar-refractivity contribution in [2.75, 3.05) is 30.2 Å². The number of benzene rings is 4. The standard InChI is InChI=1S/C29H25N3O5/c1-36-25-12-8-22(9-13-25)30-28(34)20-16-21(29(35)31-23-10-14-26(37-2)15-11-23)18-24(17-20)32-27(33)19-6-4-3-5-7-19/h3-18H,1-2H3,(H,30,34)(H,31,35)(H,32,33). The first-order valence-corrected chi connectivity index (χ1v) is 11.4. The minimum absolute atomic E-state index is 0.196. The summed E-state index contributed by atoms with van der Waals surface area (Å²) in [5.74, 6) is 0.0518. The summed E-state index contributed by atoms with van der Waals surface area (Å²) in [5, 5.41) is 8.37. The van der Waals surface area contributed by atoms with Gasteiger partial charge < -0.3 is 25.4 Å². The van der Waals surface area contributed by atoms with E-state index in [4.69, 9.17) is 9.47 Å². The van der Waals surface area contributed by atoms with Crippen molar-refractivity contribution in [1.82, 2.24) is 0 Å². The van der Waals surface area contributed by atoms with Crippen LogP contribution in [0.1, 0.15) is 31.1 Å². The zero-order valence-corrected chi connectivity index (χ0v) is 20.3. The van der Waals surface area contributed by atoms with Crippen molar-refractivity contribution < 1.29 is 23.9 Å². The first kappa shape index (κ1) is 25.0. The number of hydrogen-bond acceptors (Lipinski definition) is 5. The van der Waals surface area contributed by atoms with E-state index in [0.717, 1.165) is 0 Å². The maximum absolute atomic E-state index is 13.1. The van der Waals surface area contributed by atoms with E-state index in [0.29, 0.717) is 34.1 Å². The summed E-state index contributed by atoms with van der Waals surface area (Å²) in [6.07, 6.45) is 0. The highest BCUT2D eigenvalue weighted by molar-refractivity contribution is 6.11. The van der Waals surface area contributed by atoms with Crippen molar-refractivity contribution in [2.45, 2.75) is 0 Å². The molecule has 37 heavy (non-hydrogen) atoms. The van der Waals surface area contributed by atoms with Crippen LogP contribution < -0.4 is 25.4 Å². The van der Waals surface area contributed by atoms with Crippen LogP contribution >= 0.6 is 0 Å². The second kappa shape index (κ2) is 11.5. The quantitative estimate of drug-likeness (QED) is 0.301. The van der Waals surface area contributed by atoms with Crippen LogP contribution in [0.3, 0.4) is 0 Å². The lowest BCUT2D eigenvalue weighted by Crippen LogP contribution is -2.18. The number of amides is 3. The number of carbonyl (C=O) groups excluding carboxylic acids is 3. The van der Waals surface area contributed by atoms with Crippen LogP contribution in [0.5, 0.6) is 11.5 Å². The third-order valence-electron chi connectivity index (χ3n) is 5.45. The minimum Gasteiger partial charge on any atom is -0.497 e. The number of nitrogens with one attached hydrogen (secondary N) is 3. The summed E-state index contributed by atoms with van der Waals surface area (Å²) in [5.41, 5.74) is 2.24. The highest BCUT2D eigenvalue weighted by Gasteiger charge is 2.16. The van der Waals surface area contributed by atoms with E-state index in [-0.39, 0.29) is 17.0 Å². The van der Waals surface area contributed by atoms with Gasteiger partial charge in [0.05, 0.1) is 14.2 Å². The Balaban J connectivity index is 1.61. The van der Waals surface area contributed by atoms with E-state index < -0.39 is 11.8 Å². The molecular formula is C29H25N3O5. The number of carbonyl (C=O) groups is 3. The number of methoxy groups -OCH3 is 2. The summed E-state index contributed by atoms with van der Waals surface area (Å²) in [7, 11) is 3.11. The fraction of sp³-hybridized carbons (Fsp3) is 0.0690. The molecule has 0 saturated carbocycles. The Morgan fingerprint density at radius 1 is 0.486 bits per heavy atom. The highest BCUT2D eigenvalue weighted by atomic mass is 16.5. The predicted octanol–water partition coefficient (Wildman–Crippen LogP) is 5.46. The van der Waals surface area contributed by atoms with E-state index in [9.17, 15) is 14.4 Å². The summed E-state index contributed by atoms with van der Waals surface area (Å²) < 4.78 is 10.3. The molecule has 4 aromatic carbocycles. The SMILES string of the molecule is COc1ccc(NC(=O)c2cc(NC(=O)c3ccccc3)cc(C(=O)Nc3ccc(OC)cc3)c2)cc1. The molecule has 3 amide bonds. The molecule has 0 bridgehead atoms. The number of hydrogen-bond donors (Lipinski definition) is 3. The van der Waals surface area contributed by atoms with Crippen molar-refractivity contribution in [1.29, 1.82) is 0 Å². The first-order valence-electron chi connectivity index (χ1n) is 11.4. The van der Waals surface area contributed by atoms with Crippen molar-refractivity contribution in [3.05, 3.63) is 114 Å². The van der Waals surface area contributed by atoms with Crippen LogP contribution in [0.15, 0.2) is 97.1 Å². The molecule has 0 unspecified atom stereocenters. The third kappa shape index (κ3) is 6.52. The van der Waals surface area contributed by atoms with Gasteiger partial charge in [-0.15, -0.1) is 0 Å². The molecule has 0 aliphatic rings. The van der Waals surface area contributed by atoms with Gasteiger partial charge >= 0.3 is 0 Å². The topological polar surface area (TPSA) is 106 Å². The Morgan fingerprint density at radius 2 is 0.892 bits per heavy atom. The minimum atomic E-state index is -0.445. The molecule has 186 valence electrons. The Kier molecular flexibility index (Phi) is 7.80. The van der Waals surface area contributed by atoms with Gasteiger partial charge in [-0.25, -0.2) is 0 Å². The fourth-order valence-corrected chi connectivity index (χ4v) is 3.51. The predicted molar refractivity (Wildman–Crippen MR) is 143 cm³/mol. The van der Waals surface area contributed by atoms with E-state index in [2.05, 4.69) is 16.0 Å². The molecule has 0 atom stereocenters. The number of anilines is 3. The lowest BCUT2D eigenvalue weighted by molar-refractivity contribution is 0.101. The highest BCUT2D eigenvalue weighted by Crippen LogP contribution is 2.21. The Hall–Kier alpha value is -5.11. The molecule has 0 spiro atoms. The van der Waals surface area contributed by atoms with Crippen LogP contribution in [0, 0.1) is 0 Å². The monoisotopic (exact) mass is 495 g/mol. The second-order valence-electron chi connectivity index (χ2n) is 7.98. The van der Waals surface area contributed by atoms with Crippen LogP contribution in [0.25, 0.3) is 0 Å². The lowest BCUT2D eigenvalue weighted by Gasteiger charge is -2.13. The van der Waals surface area contributed by atoms with Gasteiger partial charge in [0.15, 0.2) is 0 Å². The number of rotatable bonds is 8. The Bertz CT molecular complexity index is 1320. The van der Waals surface area contributed by atoms with Crippen molar-refractivity contribution in [3.63, 3.8) is 0 Å². The lowest BCUT2D eigenvalue weighted by atomic mass is 10.1. The zero-order chi connectivity index (χ0) is 26.2. The van der Waals surface area contributed by atoms with Crippen LogP contribution in [-0.2, 0) is 0 Å². The Morgan fingerprint density at radius 3 is 1.32 bits per heavy atom. The third-order valence-corrected chi connectivity index (χ3v) is 5.45. The molecule has 8 heteroatoms. The largest absolute Gasteiger partial charge is 0.497 e. The van der Waals surface area contributed by atoms with Gasteiger partial charge in [0.2, 0.25) is 0 Å². The van der Waals surface area contributed by atoms with Gasteiger partial charge in [0.25, 0.3) is 17.7 Å². The van der Waals surface area contributed by atoms with Gasteiger partial charge in [0, 0.05) is 33.8 Å². The summed E-state index contributed by atoms with van der Waals surface area (Å²) in [6.45, 7) is 0. The smallest absolute Gasteiger partial charge is 0.255 e. The normalized spacial score (nSPS) is 10.2. The fourth-order valence-electron chi connectivity index (χ4n) is 3.51. The van der Waals surface area contributed by atoms with E-state index in [1.807, 2.05) is 6.07 Å². The average molecular weight is 496 g/mol. The molecule has 0 radical (unpaired) electrons. The maximum atomic E-state index is 13.1. The summed E-state index contributed by atoms with van der Waals surface area (Å²) >= 11 is 0. The van der Waals surface area contributed by atoms with Gasteiger partial charge in [0.1, 0.15) is 11.5 Å². The molecular weight excluding hydrogens is 470 g/mol. The van der Waals surface area contributed by atoms with Gasteiger partial charge in [-0.1, -0.05) is 18.2 Å². The molecule has 0 heterocycles. The van der Waals surface area contributed by atoms with Gasteiger partial charge in [-0.3, -0.25) is 14.4 Å². The molecule has 0 saturated heterocycles. The zero-order valence-electron chi connectivity index (χ0n) is 20.3. The van der Waals surface area contributed by atoms with Crippen LogP contribution in [0.2, 0.25) is 0 Å². The molecule has 4 aromatic rings. The molecule has 4 rings (SSSR count). The molecule has 0 aliphatic carbocycles. The Labute approximate surface area is 214 Å². The second-order valence-corrected chi connectivity index (χ2v) is 7.98. The number of ether oxygens (including phenoxy) is 2. The average Bonchev–Trinajstić information content (AvgIpc) is 2.94. The molecule has 3 N–H and O–H groups in total. The van der Waals surface area contributed by atoms with Crippen molar-refractivity contribution in [3.8, 4) is 11.5 Å². The molecule has 8 nitrogen and oxygen atoms in total. The van der Waals surface area contributed by atoms with Crippen molar-refractivity contribution >= 4 is 34.8 Å². The van der Waals surface area contributed by atoms with Crippen LogP contribution in [0.4, 0.5) is 17.1 Å². The maximum Gasteiger partial charge on any atom is 0.255 e. The first-order chi connectivity index (χ1) is 17.9.